The molecule has 0 radical (unpaired) electrons. The molecule has 29 heavy (non-hydrogen) atoms. The molecule has 8 nitrogen and oxygen atoms in total. The van der Waals surface area contributed by atoms with Gasteiger partial charge in [-0.1, -0.05) is 0 Å². The number of carbonyl (C=O) groups excluding carboxylic acids is 1. The quantitative estimate of drug-likeness (QED) is 0.659. The van der Waals surface area contributed by atoms with Crippen molar-refractivity contribution in [3.63, 3.8) is 0 Å². The summed E-state index contributed by atoms with van der Waals surface area (Å²) in [5.74, 6) is -4.50. The highest BCUT2D eigenvalue weighted by molar-refractivity contribution is 5.83. The first-order valence-electron chi connectivity index (χ1n) is 8.80. The van der Waals surface area contributed by atoms with Gasteiger partial charge in [0.2, 0.25) is 5.95 Å². The van der Waals surface area contributed by atoms with Crippen molar-refractivity contribution in [1.29, 1.82) is 5.26 Å². The van der Waals surface area contributed by atoms with Crippen LogP contribution in [0.1, 0.15) is 31.0 Å². The molecule has 1 amide bonds. The van der Waals surface area contributed by atoms with Crippen molar-refractivity contribution >= 4 is 22.8 Å². The molecule has 0 saturated carbocycles. The number of nitriles is 1. The van der Waals surface area contributed by atoms with E-state index in [2.05, 4.69) is 31.8 Å². The molecule has 3 aromatic rings. The number of anilines is 1. The number of benzene rings is 1. The number of halogens is 2. The zero-order chi connectivity index (χ0) is 21.2. The van der Waals surface area contributed by atoms with E-state index in [9.17, 15) is 13.6 Å². The van der Waals surface area contributed by atoms with Crippen molar-refractivity contribution in [3.8, 4) is 6.07 Å². The third-order valence-electron chi connectivity index (χ3n) is 4.46. The maximum atomic E-state index is 13.4. The van der Waals surface area contributed by atoms with Crippen molar-refractivity contribution in [3.05, 3.63) is 47.9 Å². The SMILES string of the molecule is CNc1ncc([C@H]([C@@H](C)NC(=O)C(C)(F)F)n2ncc3cc(C#N)ccc32)cn1. The summed E-state index contributed by atoms with van der Waals surface area (Å²) in [6.45, 7) is 2.15. The van der Waals surface area contributed by atoms with Gasteiger partial charge in [-0.05, 0) is 25.1 Å². The Labute approximate surface area is 165 Å². The lowest BCUT2D eigenvalue weighted by Crippen LogP contribution is -2.46. The molecular formula is C19H19F2N7O. The maximum Gasteiger partial charge on any atom is 0.321 e. The van der Waals surface area contributed by atoms with Crippen molar-refractivity contribution < 1.29 is 13.6 Å². The van der Waals surface area contributed by atoms with Crippen molar-refractivity contribution in [2.45, 2.75) is 31.9 Å². The smallest absolute Gasteiger partial charge is 0.321 e. The Balaban J connectivity index is 2.07. The molecule has 0 saturated heterocycles. The van der Waals surface area contributed by atoms with Crippen LogP contribution in [0.4, 0.5) is 14.7 Å². The summed E-state index contributed by atoms with van der Waals surface area (Å²) >= 11 is 0. The fourth-order valence-electron chi connectivity index (χ4n) is 3.02. The second-order valence-corrected chi connectivity index (χ2v) is 6.66. The molecule has 2 atom stereocenters. The molecule has 0 aliphatic heterocycles. The highest BCUT2D eigenvalue weighted by Crippen LogP contribution is 2.27. The molecule has 0 fully saturated rings. The summed E-state index contributed by atoms with van der Waals surface area (Å²) in [5.41, 5.74) is 1.73. The summed E-state index contributed by atoms with van der Waals surface area (Å²) in [6, 6.07) is 5.70. The number of nitrogens with one attached hydrogen (secondary N) is 2. The molecule has 0 spiro atoms. The third kappa shape index (κ3) is 4.13. The Hall–Kier alpha value is -3.61. The van der Waals surface area contributed by atoms with Gasteiger partial charge < -0.3 is 10.6 Å². The zero-order valence-corrected chi connectivity index (χ0v) is 16.0. The highest BCUT2D eigenvalue weighted by Gasteiger charge is 2.35. The number of amides is 1. The van der Waals surface area contributed by atoms with E-state index in [4.69, 9.17) is 5.26 Å². The Kier molecular flexibility index (Phi) is 5.41. The van der Waals surface area contributed by atoms with Crippen LogP contribution in [0.25, 0.3) is 10.9 Å². The minimum Gasteiger partial charge on any atom is -0.357 e. The van der Waals surface area contributed by atoms with Crippen molar-refractivity contribution in [2.24, 2.45) is 0 Å². The van der Waals surface area contributed by atoms with Gasteiger partial charge in [-0.3, -0.25) is 9.48 Å². The summed E-state index contributed by atoms with van der Waals surface area (Å²) in [4.78, 5) is 20.2. The van der Waals surface area contributed by atoms with Gasteiger partial charge in [-0.25, -0.2) is 9.97 Å². The number of nitrogens with zero attached hydrogens (tertiary/aromatic N) is 5. The van der Waals surface area contributed by atoms with Crippen LogP contribution in [0.5, 0.6) is 0 Å². The number of carbonyl (C=O) groups is 1. The number of hydrogen-bond donors (Lipinski definition) is 2. The standard InChI is InChI=1S/C19H19F2N7O/c1-11(27-17(29)19(2,20)21)16(14-8-24-18(23-3)25-9-14)28-15-5-4-12(7-22)6-13(15)10-26-28/h4-6,8-11,16H,1-3H3,(H,27,29)(H,23,24,25)/t11-,16+/m1/s1. The van der Waals surface area contributed by atoms with Gasteiger partial charge in [-0.15, -0.1) is 0 Å². The van der Waals surface area contributed by atoms with Crippen LogP contribution in [0.3, 0.4) is 0 Å². The first-order chi connectivity index (χ1) is 13.7. The minimum absolute atomic E-state index is 0.397. The first kappa shape index (κ1) is 20.1. The third-order valence-corrected chi connectivity index (χ3v) is 4.46. The van der Waals surface area contributed by atoms with Crippen molar-refractivity contribution in [2.75, 3.05) is 12.4 Å². The molecule has 2 heterocycles. The van der Waals surface area contributed by atoms with E-state index < -0.39 is 23.9 Å². The average Bonchev–Trinajstić information content (AvgIpc) is 3.10. The topological polar surface area (TPSA) is 109 Å². The monoisotopic (exact) mass is 399 g/mol. The predicted molar refractivity (Wildman–Crippen MR) is 102 cm³/mol. The van der Waals surface area contributed by atoms with E-state index in [0.717, 1.165) is 0 Å². The molecule has 2 aromatic heterocycles. The Bertz CT molecular complexity index is 1070. The number of fused-ring (bicyclic) bond motifs is 1. The lowest BCUT2D eigenvalue weighted by Gasteiger charge is -2.27. The molecule has 0 aliphatic rings. The lowest BCUT2D eigenvalue weighted by atomic mass is 10.0. The molecule has 1 aromatic carbocycles. The van der Waals surface area contributed by atoms with E-state index in [1.807, 2.05) is 0 Å². The summed E-state index contributed by atoms with van der Waals surface area (Å²) in [7, 11) is 1.67. The number of rotatable bonds is 6. The molecule has 10 heteroatoms. The summed E-state index contributed by atoms with van der Waals surface area (Å²) < 4.78 is 28.4. The highest BCUT2D eigenvalue weighted by atomic mass is 19.3. The number of hydrogen-bond acceptors (Lipinski definition) is 6. The van der Waals surface area contributed by atoms with Crippen LogP contribution in [-0.2, 0) is 4.79 Å². The van der Waals surface area contributed by atoms with E-state index in [0.29, 0.717) is 34.9 Å². The fraction of sp³-hybridized carbons (Fsp3) is 0.316. The second kappa shape index (κ2) is 7.79. The van der Waals surface area contributed by atoms with E-state index in [1.165, 1.54) is 0 Å². The van der Waals surface area contributed by atoms with E-state index >= 15 is 0 Å². The average molecular weight is 399 g/mol. The minimum atomic E-state index is -3.51. The summed E-state index contributed by atoms with van der Waals surface area (Å²) in [5, 5.41) is 19.3. The molecule has 0 unspecified atom stereocenters. The molecule has 150 valence electrons. The molecule has 0 aliphatic carbocycles. The Morgan fingerprint density at radius 1 is 1.28 bits per heavy atom. The molecule has 2 N–H and O–H groups in total. The molecule has 3 rings (SSSR count). The predicted octanol–water partition coefficient (Wildman–Crippen LogP) is 2.49. The van der Waals surface area contributed by atoms with E-state index in [-0.39, 0.29) is 0 Å². The first-order valence-corrected chi connectivity index (χ1v) is 8.80. The van der Waals surface area contributed by atoms with Gasteiger partial charge in [-0.2, -0.15) is 19.1 Å². The number of alkyl halides is 2. The van der Waals surface area contributed by atoms with Crippen LogP contribution in [0.15, 0.2) is 36.8 Å². The van der Waals surface area contributed by atoms with Gasteiger partial charge in [0.15, 0.2) is 0 Å². The van der Waals surface area contributed by atoms with Crippen LogP contribution in [0, 0.1) is 11.3 Å². The van der Waals surface area contributed by atoms with Gasteiger partial charge in [0.25, 0.3) is 5.91 Å². The molecule has 0 bridgehead atoms. The number of aromatic nitrogens is 4. The van der Waals surface area contributed by atoms with Crippen molar-refractivity contribution in [1.82, 2.24) is 25.1 Å². The van der Waals surface area contributed by atoms with Gasteiger partial charge in [0, 0.05) is 37.3 Å². The van der Waals surface area contributed by atoms with Gasteiger partial charge in [0.05, 0.1) is 29.4 Å². The Morgan fingerprint density at radius 3 is 2.55 bits per heavy atom. The van der Waals surface area contributed by atoms with Crippen LogP contribution < -0.4 is 10.6 Å². The van der Waals surface area contributed by atoms with Gasteiger partial charge >= 0.3 is 5.92 Å². The van der Waals surface area contributed by atoms with Crippen LogP contribution >= 0.6 is 0 Å². The summed E-state index contributed by atoms with van der Waals surface area (Å²) in [6.07, 6.45) is 4.68. The Morgan fingerprint density at radius 2 is 1.97 bits per heavy atom. The second-order valence-electron chi connectivity index (χ2n) is 6.66. The zero-order valence-electron chi connectivity index (χ0n) is 16.0. The largest absolute Gasteiger partial charge is 0.357 e. The molecular weight excluding hydrogens is 380 g/mol. The van der Waals surface area contributed by atoms with E-state index in [1.54, 1.807) is 55.4 Å². The lowest BCUT2D eigenvalue weighted by molar-refractivity contribution is -0.143. The van der Waals surface area contributed by atoms with Gasteiger partial charge in [0.1, 0.15) is 6.04 Å². The van der Waals surface area contributed by atoms with Crippen LogP contribution in [0.2, 0.25) is 0 Å². The fourth-order valence-corrected chi connectivity index (χ4v) is 3.02. The van der Waals surface area contributed by atoms with Crippen LogP contribution in [-0.4, -0.2) is 44.7 Å². The normalized spacial score (nSPS) is 13.5. The maximum absolute atomic E-state index is 13.4.